The molecule has 1 N–H and O–H groups in total. The van der Waals surface area contributed by atoms with Gasteiger partial charge >= 0.3 is 0 Å². The molecule has 0 aliphatic rings. The molecule has 9 heavy (non-hydrogen) atoms. The number of hydrogen-bond donors (Lipinski definition) is 1. The Morgan fingerprint density at radius 3 is 3.11 bits per heavy atom. The predicted molar refractivity (Wildman–Crippen MR) is 29.7 cm³/mol. The molecular weight excluding hydrogens is 120 g/mol. The van der Waals surface area contributed by atoms with Gasteiger partial charge in [-0.15, -0.1) is 10.2 Å². The van der Waals surface area contributed by atoms with Crippen LogP contribution in [0.3, 0.4) is 0 Å². The second-order valence-corrected chi connectivity index (χ2v) is 1.89. The van der Waals surface area contributed by atoms with Crippen molar-refractivity contribution in [2.24, 2.45) is 0 Å². The smallest absolute Gasteiger partial charge is 0.218 e. The van der Waals surface area contributed by atoms with Gasteiger partial charge in [0.05, 0.1) is 12.5 Å². The monoisotopic (exact) mass is 128 g/mol. The van der Waals surface area contributed by atoms with Crippen LogP contribution in [0, 0.1) is 0 Å². The summed E-state index contributed by atoms with van der Waals surface area (Å²) in [7, 11) is 0. The Morgan fingerprint density at radius 1 is 1.89 bits per heavy atom. The Morgan fingerprint density at radius 2 is 2.67 bits per heavy atom. The SMILES string of the molecule is CC(O)Cc1nnco1. The van der Waals surface area contributed by atoms with Gasteiger partial charge in [-0.1, -0.05) is 0 Å². The number of rotatable bonds is 2. The molecule has 0 saturated carbocycles. The summed E-state index contributed by atoms with van der Waals surface area (Å²) in [5, 5.41) is 15.8. The van der Waals surface area contributed by atoms with E-state index in [-0.39, 0.29) is 0 Å². The van der Waals surface area contributed by atoms with Crippen LogP contribution in [-0.4, -0.2) is 21.4 Å². The minimum atomic E-state index is -0.412. The number of aliphatic hydroxyl groups is 1. The molecule has 0 saturated heterocycles. The molecule has 4 nitrogen and oxygen atoms in total. The van der Waals surface area contributed by atoms with E-state index in [4.69, 9.17) is 9.52 Å². The summed E-state index contributed by atoms with van der Waals surface area (Å²) in [6.45, 7) is 1.67. The Kier molecular flexibility index (Phi) is 1.79. The van der Waals surface area contributed by atoms with Crippen molar-refractivity contribution in [3.8, 4) is 0 Å². The van der Waals surface area contributed by atoms with Crippen molar-refractivity contribution in [3.63, 3.8) is 0 Å². The molecule has 0 fully saturated rings. The van der Waals surface area contributed by atoms with Crippen LogP contribution in [0.4, 0.5) is 0 Å². The van der Waals surface area contributed by atoms with Crippen LogP contribution < -0.4 is 0 Å². The second kappa shape index (κ2) is 2.59. The lowest BCUT2D eigenvalue weighted by Gasteiger charge is -1.95. The Labute approximate surface area is 52.5 Å². The van der Waals surface area contributed by atoms with E-state index in [9.17, 15) is 0 Å². The van der Waals surface area contributed by atoms with E-state index in [0.29, 0.717) is 12.3 Å². The largest absolute Gasteiger partial charge is 0.428 e. The van der Waals surface area contributed by atoms with Gasteiger partial charge in [0.1, 0.15) is 0 Å². The zero-order chi connectivity index (χ0) is 6.69. The van der Waals surface area contributed by atoms with Gasteiger partial charge in [0.15, 0.2) is 0 Å². The molecule has 1 aromatic heterocycles. The average molecular weight is 128 g/mol. The van der Waals surface area contributed by atoms with Crippen molar-refractivity contribution >= 4 is 0 Å². The molecule has 1 unspecified atom stereocenters. The minimum Gasteiger partial charge on any atom is -0.428 e. The topological polar surface area (TPSA) is 59.2 Å². The maximum Gasteiger partial charge on any atom is 0.218 e. The van der Waals surface area contributed by atoms with Crippen LogP contribution in [0.15, 0.2) is 10.8 Å². The molecule has 1 atom stereocenters. The Bertz CT molecular complexity index is 159. The van der Waals surface area contributed by atoms with Crippen LogP contribution in [0.5, 0.6) is 0 Å². The highest BCUT2D eigenvalue weighted by molar-refractivity contribution is 4.74. The van der Waals surface area contributed by atoms with E-state index in [1.807, 2.05) is 0 Å². The highest BCUT2D eigenvalue weighted by atomic mass is 16.4. The summed E-state index contributed by atoms with van der Waals surface area (Å²) in [5.41, 5.74) is 0. The summed E-state index contributed by atoms with van der Waals surface area (Å²) < 4.78 is 4.76. The Hall–Kier alpha value is -0.900. The van der Waals surface area contributed by atoms with E-state index >= 15 is 0 Å². The van der Waals surface area contributed by atoms with Crippen molar-refractivity contribution in [2.75, 3.05) is 0 Å². The molecule has 0 amide bonds. The number of nitrogens with zero attached hydrogens (tertiary/aromatic N) is 2. The quantitative estimate of drug-likeness (QED) is 0.608. The van der Waals surface area contributed by atoms with Gasteiger partial charge in [0.25, 0.3) is 0 Å². The minimum absolute atomic E-state index is 0.412. The fraction of sp³-hybridized carbons (Fsp3) is 0.600. The lowest BCUT2D eigenvalue weighted by molar-refractivity contribution is 0.185. The van der Waals surface area contributed by atoms with Gasteiger partial charge in [0.2, 0.25) is 12.3 Å². The van der Waals surface area contributed by atoms with E-state index in [0.717, 1.165) is 0 Å². The predicted octanol–water partition coefficient (Wildman–Crippen LogP) is -0.00710. The van der Waals surface area contributed by atoms with Crippen molar-refractivity contribution in [1.82, 2.24) is 10.2 Å². The molecule has 4 heteroatoms. The first kappa shape index (κ1) is 6.22. The number of aliphatic hydroxyl groups excluding tert-OH is 1. The van der Waals surface area contributed by atoms with Gasteiger partial charge in [-0.05, 0) is 6.92 Å². The molecule has 50 valence electrons. The first-order valence-corrected chi connectivity index (χ1v) is 2.72. The van der Waals surface area contributed by atoms with Gasteiger partial charge in [-0.25, -0.2) is 0 Å². The van der Waals surface area contributed by atoms with Crippen molar-refractivity contribution in [3.05, 3.63) is 12.3 Å². The fourth-order valence-electron chi connectivity index (χ4n) is 0.538. The average Bonchev–Trinajstić information content (AvgIpc) is 2.15. The van der Waals surface area contributed by atoms with Crippen molar-refractivity contribution < 1.29 is 9.52 Å². The van der Waals surface area contributed by atoms with Gasteiger partial charge in [0, 0.05) is 0 Å². The van der Waals surface area contributed by atoms with Gasteiger partial charge in [-0.2, -0.15) is 0 Å². The highest BCUT2D eigenvalue weighted by Gasteiger charge is 2.01. The molecule has 0 radical (unpaired) electrons. The van der Waals surface area contributed by atoms with Crippen molar-refractivity contribution in [1.29, 1.82) is 0 Å². The van der Waals surface area contributed by atoms with Gasteiger partial charge in [-0.3, -0.25) is 0 Å². The molecular formula is C5H8N2O2. The normalized spacial score (nSPS) is 13.6. The molecule has 0 aliphatic carbocycles. The van der Waals surface area contributed by atoms with Crippen molar-refractivity contribution in [2.45, 2.75) is 19.4 Å². The number of hydrogen-bond acceptors (Lipinski definition) is 4. The van der Waals surface area contributed by atoms with Gasteiger partial charge < -0.3 is 9.52 Å². The number of aromatic nitrogens is 2. The molecule has 0 aliphatic heterocycles. The van der Waals surface area contributed by atoms with Crippen LogP contribution in [0.2, 0.25) is 0 Å². The van der Waals surface area contributed by atoms with E-state index < -0.39 is 6.10 Å². The van der Waals surface area contributed by atoms with E-state index in [1.165, 1.54) is 6.39 Å². The lowest BCUT2D eigenvalue weighted by Crippen LogP contribution is -2.04. The van der Waals surface area contributed by atoms with Crippen LogP contribution in [0.1, 0.15) is 12.8 Å². The third-order valence-electron chi connectivity index (χ3n) is 0.875. The van der Waals surface area contributed by atoms with E-state index in [1.54, 1.807) is 6.92 Å². The van der Waals surface area contributed by atoms with Crippen LogP contribution >= 0.6 is 0 Å². The third kappa shape index (κ3) is 1.81. The molecule has 0 aromatic carbocycles. The van der Waals surface area contributed by atoms with Crippen LogP contribution in [-0.2, 0) is 6.42 Å². The maximum atomic E-state index is 8.80. The first-order valence-electron chi connectivity index (χ1n) is 2.72. The molecule has 1 rings (SSSR count). The molecule has 1 aromatic rings. The molecule has 0 bridgehead atoms. The standard InChI is InChI=1S/C5H8N2O2/c1-4(8)2-5-7-6-3-9-5/h3-4,8H,2H2,1H3. The fourth-order valence-corrected chi connectivity index (χ4v) is 0.538. The summed E-state index contributed by atoms with van der Waals surface area (Å²) >= 11 is 0. The lowest BCUT2D eigenvalue weighted by atomic mass is 10.3. The first-order chi connectivity index (χ1) is 4.29. The Balaban J connectivity index is 2.48. The highest BCUT2D eigenvalue weighted by Crippen LogP contribution is 1.95. The zero-order valence-corrected chi connectivity index (χ0v) is 5.11. The van der Waals surface area contributed by atoms with E-state index in [2.05, 4.69) is 10.2 Å². The maximum absolute atomic E-state index is 8.80. The third-order valence-corrected chi connectivity index (χ3v) is 0.875. The zero-order valence-electron chi connectivity index (χ0n) is 5.11. The summed E-state index contributed by atoms with van der Waals surface area (Å²) in [4.78, 5) is 0. The summed E-state index contributed by atoms with van der Waals surface area (Å²) in [5.74, 6) is 0.477. The second-order valence-electron chi connectivity index (χ2n) is 1.89. The summed E-state index contributed by atoms with van der Waals surface area (Å²) in [6.07, 6.45) is 1.27. The molecule has 1 heterocycles. The van der Waals surface area contributed by atoms with Crippen LogP contribution in [0.25, 0.3) is 0 Å². The molecule has 0 spiro atoms. The summed E-state index contributed by atoms with van der Waals surface area (Å²) in [6, 6.07) is 0.